The summed E-state index contributed by atoms with van der Waals surface area (Å²) in [5.74, 6) is 0.618. The molecular formula is C19H23N3O3. The summed E-state index contributed by atoms with van der Waals surface area (Å²) in [5.41, 5.74) is 2.89. The van der Waals surface area contributed by atoms with Crippen molar-refractivity contribution in [2.24, 2.45) is 0 Å². The van der Waals surface area contributed by atoms with Crippen molar-refractivity contribution in [3.63, 3.8) is 0 Å². The number of aryl methyl sites for hydroxylation is 1. The molecule has 0 saturated heterocycles. The molecule has 0 heterocycles. The quantitative estimate of drug-likeness (QED) is 0.707. The number of amides is 3. The standard InChI is InChI=1S/C19H23N3O3/c1-13-7-4-5-10-17(13)25-12-11-21-19(24)22-16-9-6-8-15(14(16)2)18(23)20-3/h4-10H,11-12H2,1-3H3,(H,20,23)(H2,21,22,24). The van der Waals surface area contributed by atoms with Crippen LogP contribution in [-0.4, -0.2) is 32.1 Å². The van der Waals surface area contributed by atoms with Gasteiger partial charge in [0.15, 0.2) is 0 Å². The fourth-order valence-electron chi connectivity index (χ4n) is 2.36. The highest BCUT2D eigenvalue weighted by Crippen LogP contribution is 2.19. The van der Waals surface area contributed by atoms with Crippen molar-refractivity contribution in [3.8, 4) is 5.75 Å². The molecule has 3 N–H and O–H groups in total. The summed E-state index contributed by atoms with van der Waals surface area (Å²) in [6.45, 7) is 4.50. The van der Waals surface area contributed by atoms with Crippen molar-refractivity contribution in [1.29, 1.82) is 0 Å². The molecule has 132 valence electrons. The van der Waals surface area contributed by atoms with Gasteiger partial charge in [0.2, 0.25) is 0 Å². The Morgan fingerprint density at radius 2 is 1.80 bits per heavy atom. The number of benzene rings is 2. The van der Waals surface area contributed by atoms with Crippen LogP contribution in [-0.2, 0) is 0 Å². The van der Waals surface area contributed by atoms with Crippen molar-refractivity contribution >= 4 is 17.6 Å². The number of carbonyl (C=O) groups excluding carboxylic acids is 2. The Bertz CT molecular complexity index is 759. The van der Waals surface area contributed by atoms with Gasteiger partial charge in [0.1, 0.15) is 12.4 Å². The number of hydrogen-bond donors (Lipinski definition) is 3. The summed E-state index contributed by atoms with van der Waals surface area (Å²) in [6, 6.07) is 12.6. The van der Waals surface area contributed by atoms with Crippen LogP contribution < -0.4 is 20.7 Å². The van der Waals surface area contributed by atoms with Crippen LogP contribution in [0.3, 0.4) is 0 Å². The minimum absolute atomic E-state index is 0.187. The summed E-state index contributed by atoms with van der Waals surface area (Å²) in [6.07, 6.45) is 0. The lowest BCUT2D eigenvalue weighted by Crippen LogP contribution is -2.32. The van der Waals surface area contributed by atoms with E-state index in [0.29, 0.717) is 30.0 Å². The molecule has 0 saturated carbocycles. The van der Waals surface area contributed by atoms with Gasteiger partial charge >= 0.3 is 6.03 Å². The van der Waals surface area contributed by atoms with Gasteiger partial charge in [0.05, 0.1) is 6.54 Å². The Morgan fingerprint density at radius 1 is 1.04 bits per heavy atom. The summed E-state index contributed by atoms with van der Waals surface area (Å²) in [7, 11) is 1.57. The molecule has 2 rings (SSSR count). The van der Waals surface area contributed by atoms with Gasteiger partial charge in [-0.2, -0.15) is 0 Å². The van der Waals surface area contributed by atoms with Crippen molar-refractivity contribution in [2.75, 3.05) is 25.5 Å². The first-order valence-corrected chi connectivity index (χ1v) is 8.08. The normalized spacial score (nSPS) is 10.0. The third-order valence-corrected chi connectivity index (χ3v) is 3.79. The smallest absolute Gasteiger partial charge is 0.319 e. The van der Waals surface area contributed by atoms with E-state index in [0.717, 1.165) is 11.3 Å². The zero-order valence-electron chi connectivity index (χ0n) is 14.7. The molecule has 0 fully saturated rings. The summed E-state index contributed by atoms with van der Waals surface area (Å²) < 4.78 is 5.63. The molecule has 0 bridgehead atoms. The first-order chi connectivity index (χ1) is 12.0. The van der Waals surface area contributed by atoms with Crippen LogP contribution in [0.5, 0.6) is 5.75 Å². The lowest BCUT2D eigenvalue weighted by molar-refractivity contribution is 0.0962. The number of nitrogens with one attached hydrogen (secondary N) is 3. The lowest BCUT2D eigenvalue weighted by atomic mass is 10.1. The van der Waals surface area contributed by atoms with Crippen LogP contribution in [0.2, 0.25) is 0 Å². The summed E-state index contributed by atoms with van der Waals surface area (Å²) in [4.78, 5) is 23.8. The predicted octanol–water partition coefficient (Wildman–Crippen LogP) is 2.86. The van der Waals surface area contributed by atoms with Crippen LogP contribution in [0.15, 0.2) is 42.5 Å². The minimum atomic E-state index is -0.342. The molecule has 2 aromatic carbocycles. The number of urea groups is 1. The second-order valence-electron chi connectivity index (χ2n) is 5.55. The van der Waals surface area contributed by atoms with E-state index in [1.165, 1.54) is 0 Å². The molecule has 0 atom stereocenters. The molecular weight excluding hydrogens is 318 g/mol. The van der Waals surface area contributed by atoms with Gasteiger partial charge in [0, 0.05) is 18.3 Å². The zero-order chi connectivity index (χ0) is 18.2. The van der Waals surface area contributed by atoms with Gasteiger partial charge < -0.3 is 20.7 Å². The molecule has 6 nitrogen and oxygen atoms in total. The van der Waals surface area contributed by atoms with Crippen LogP contribution >= 0.6 is 0 Å². The molecule has 3 amide bonds. The van der Waals surface area contributed by atoms with Gasteiger partial charge in [-0.05, 0) is 43.2 Å². The van der Waals surface area contributed by atoms with E-state index in [1.54, 1.807) is 32.2 Å². The van der Waals surface area contributed by atoms with Gasteiger partial charge in [-0.1, -0.05) is 24.3 Å². The number of hydrogen-bond acceptors (Lipinski definition) is 3. The largest absolute Gasteiger partial charge is 0.491 e. The van der Waals surface area contributed by atoms with E-state index in [9.17, 15) is 9.59 Å². The minimum Gasteiger partial charge on any atom is -0.491 e. The number of para-hydroxylation sites is 1. The van der Waals surface area contributed by atoms with Crippen LogP contribution in [0.4, 0.5) is 10.5 Å². The second-order valence-corrected chi connectivity index (χ2v) is 5.55. The van der Waals surface area contributed by atoms with E-state index in [1.807, 2.05) is 31.2 Å². The average molecular weight is 341 g/mol. The Hall–Kier alpha value is -3.02. The average Bonchev–Trinajstić information content (AvgIpc) is 2.61. The highest BCUT2D eigenvalue weighted by molar-refractivity contribution is 5.98. The number of anilines is 1. The third-order valence-electron chi connectivity index (χ3n) is 3.79. The molecule has 0 aliphatic rings. The summed E-state index contributed by atoms with van der Waals surface area (Å²) >= 11 is 0. The maximum Gasteiger partial charge on any atom is 0.319 e. The van der Waals surface area contributed by atoms with Crippen molar-refractivity contribution in [2.45, 2.75) is 13.8 Å². The van der Waals surface area contributed by atoms with E-state index in [-0.39, 0.29) is 11.9 Å². The molecule has 0 aliphatic carbocycles. The lowest BCUT2D eigenvalue weighted by Gasteiger charge is -2.13. The SMILES string of the molecule is CNC(=O)c1cccc(NC(=O)NCCOc2ccccc2C)c1C. The number of carbonyl (C=O) groups is 2. The van der Waals surface area contributed by atoms with Gasteiger partial charge in [-0.15, -0.1) is 0 Å². The fourth-order valence-corrected chi connectivity index (χ4v) is 2.36. The maximum atomic E-state index is 12.0. The number of ether oxygens (including phenoxy) is 1. The van der Waals surface area contributed by atoms with E-state index in [4.69, 9.17) is 4.74 Å². The monoisotopic (exact) mass is 341 g/mol. The third kappa shape index (κ3) is 4.97. The second kappa shape index (κ2) is 8.73. The molecule has 0 aliphatic heterocycles. The van der Waals surface area contributed by atoms with Crippen LogP contribution in [0.1, 0.15) is 21.5 Å². The summed E-state index contributed by atoms with van der Waals surface area (Å²) in [5, 5.41) is 8.07. The first-order valence-electron chi connectivity index (χ1n) is 8.08. The van der Waals surface area contributed by atoms with Crippen molar-refractivity contribution < 1.29 is 14.3 Å². The predicted molar refractivity (Wildman–Crippen MR) is 98.3 cm³/mol. The number of rotatable bonds is 6. The van der Waals surface area contributed by atoms with Gasteiger partial charge in [-0.25, -0.2) is 4.79 Å². The van der Waals surface area contributed by atoms with Gasteiger partial charge in [0.25, 0.3) is 5.91 Å². The molecule has 0 radical (unpaired) electrons. The van der Waals surface area contributed by atoms with Crippen LogP contribution in [0.25, 0.3) is 0 Å². The van der Waals surface area contributed by atoms with E-state index in [2.05, 4.69) is 16.0 Å². The maximum absolute atomic E-state index is 12.0. The molecule has 0 unspecified atom stereocenters. The molecule has 2 aromatic rings. The van der Waals surface area contributed by atoms with Gasteiger partial charge in [-0.3, -0.25) is 4.79 Å². The highest BCUT2D eigenvalue weighted by Gasteiger charge is 2.11. The first kappa shape index (κ1) is 18.3. The van der Waals surface area contributed by atoms with E-state index < -0.39 is 0 Å². The van der Waals surface area contributed by atoms with Crippen molar-refractivity contribution in [1.82, 2.24) is 10.6 Å². The Labute approximate surface area is 147 Å². The molecule has 0 aromatic heterocycles. The Balaban J connectivity index is 1.85. The topological polar surface area (TPSA) is 79.5 Å². The molecule has 25 heavy (non-hydrogen) atoms. The van der Waals surface area contributed by atoms with Crippen molar-refractivity contribution in [3.05, 3.63) is 59.2 Å². The van der Waals surface area contributed by atoms with E-state index >= 15 is 0 Å². The molecule has 0 spiro atoms. The highest BCUT2D eigenvalue weighted by atomic mass is 16.5. The molecule has 6 heteroatoms. The zero-order valence-corrected chi connectivity index (χ0v) is 14.7. The Kier molecular flexibility index (Phi) is 6.39. The Morgan fingerprint density at radius 3 is 2.52 bits per heavy atom. The van der Waals surface area contributed by atoms with Crippen LogP contribution in [0, 0.1) is 13.8 Å². The fraction of sp³-hybridized carbons (Fsp3) is 0.263.